The first-order valence-electron chi connectivity index (χ1n) is 33.6. The minimum Gasteiger partial charge on any atom is -0.462 e. The van der Waals surface area contributed by atoms with Crippen LogP contribution in [0.3, 0.4) is 0 Å². The molecule has 0 spiro atoms. The fourth-order valence-electron chi connectivity index (χ4n) is 9.62. The van der Waals surface area contributed by atoms with Crippen molar-refractivity contribution in [1.82, 2.24) is 0 Å². The maximum atomic E-state index is 12.9. The zero-order valence-electron chi connectivity index (χ0n) is 51.7. The number of carbonyl (C=O) groups excluding carboxylic acids is 3. The smallest absolute Gasteiger partial charge is 0.306 e. The van der Waals surface area contributed by atoms with E-state index in [0.29, 0.717) is 19.3 Å². The lowest BCUT2D eigenvalue weighted by atomic mass is 10.0. The highest BCUT2D eigenvalue weighted by atomic mass is 16.6. The molecule has 0 aromatic carbocycles. The molecule has 6 heteroatoms. The molecule has 0 bridgehead atoms. The summed E-state index contributed by atoms with van der Waals surface area (Å²) in [5.74, 6) is -0.932. The lowest BCUT2D eigenvalue weighted by molar-refractivity contribution is -0.167. The Morgan fingerprint density at radius 1 is 0.269 bits per heavy atom. The highest BCUT2D eigenvalue weighted by Crippen LogP contribution is 2.17. The first-order valence-corrected chi connectivity index (χ1v) is 33.6. The Bertz CT molecular complexity index is 1480. The molecule has 0 aliphatic rings. The van der Waals surface area contributed by atoms with E-state index in [4.69, 9.17) is 14.2 Å². The third-order valence-electron chi connectivity index (χ3n) is 14.6. The van der Waals surface area contributed by atoms with E-state index >= 15 is 0 Å². The molecule has 0 rings (SSSR count). The van der Waals surface area contributed by atoms with Crippen molar-refractivity contribution in [3.63, 3.8) is 0 Å². The van der Waals surface area contributed by atoms with Crippen molar-refractivity contribution < 1.29 is 28.6 Å². The Kier molecular flexibility index (Phi) is 63.2. The van der Waals surface area contributed by atoms with Crippen molar-refractivity contribution in [3.05, 3.63) is 85.1 Å². The maximum Gasteiger partial charge on any atom is 0.306 e. The van der Waals surface area contributed by atoms with Gasteiger partial charge in [0, 0.05) is 19.3 Å². The molecule has 0 aliphatic carbocycles. The van der Waals surface area contributed by atoms with Gasteiger partial charge >= 0.3 is 17.9 Å². The fourth-order valence-corrected chi connectivity index (χ4v) is 9.62. The largest absolute Gasteiger partial charge is 0.462 e. The van der Waals surface area contributed by atoms with E-state index in [1.54, 1.807) is 0 Å². The van der Waals surface area contributed by atoms with Gasteiger partial charge in [-0.15, -0.1) is 0 Å². The minimum atomic E-state index is -0.803. The highest BCUT2D eigenvalue weighted by molar-refractivity contribution is 5.71. The van der Waals surface area contributed by atoms with Crippen LogP contribution in [0.2, 0.25) is 0 Å². The van der Waals surface area contributed by atoms with Gasteiger partial charge in [0.2, 0.25) is 0 Å². The molecule has 0 saturated carbocycles. The molecule has 0 aromatic heterocycles. The van der Waals surface area contributed by atoms with Crippen molar-refractivity contribution in [2.75, 3.05) is 13.2 Å². The zero-order valence-corrected chi connectivity index (χ0v) is 51.7. The molecule has 0 aromatic rings. The second-order valence-corrected chi connectivity index (χ2v) is 22.4. The molecule has 0 aliphatic heterocycles. The quantitative estimate of drug-likeness (QED) is 0.0261. The Balaban J connectivity index is 4.36. The molecule has 0 heterocycles. The molecule has 0 amide bonds. The molecular weight excluding hydrogens is 961 g/mol. The van der Waals surface area contributed by atoms with Gasteiger partial charge < -0.3 is 14.2 Å². The maximum absolute atomic E-state index is 12.9. The number of esters is 3. The van der Waals surface area contributed by atoms with Crippen LogP contribution in [0, 0.1) is 0 Å². The molecule has 1 unspecified atom stereocenters. The van der Waals surface area contributed by atoms with E-state index in [-0.39, 0.29) is 37.5 Å². The Labute approximate surface area is 484 Å². The van der Waals surface area contributed by atoms with Gasteiger partial charge in [0.25, 0.3) is 0 Å². The standard InChI is InChI=1S/C72H126O6/c1-4-7-10-13-16-19-22-25-28-30-32-34-35-36-37-39-40-42-44-47-50-53-56-59-62-65-71(74)77-68-69(67-76-70(73)64-61-58-55-52-49-46-27-24-21-18-15-12-9-6-3)78-72(75)66-63-60-57-54-51-48-45-43-41-38-33-31-29-26-23-20-17-14-11-8-5-2/h8,11,17,20,24,26-27,29,33,38,43,45,51,54,69H,4-7,9-10,12-16,18-19,21-23,25,28,30-32,34-37,39-42,44,46-50,52-53,55-68H2,1-3H3/b11-8-,20-17-,27-24-,29-26-,38-33-,45-43-,54-51-. The second-order valence-electron chi connectivity index (χ2n) is 22.4. The summed E-state index contributed by atoms with van der Waals surface area (Å²) in [6.07, 6.45) is 87.5. The number of carbonyl (C=O) groups is 3. The van der Waals surface area contributed by atoms with E-state index in [2.05, 4.69) is 106 Å². The van der Waals surface area contributed by atoms with Crippen molar-refractivity contribution in [2.24, 2.45) is 0 Å². The lowest BCUT2D eigenvalue weighted by Gasteiger charge is -2.18. The number of ether oxygens (including phenoxy) is 3. The molecular formula is C72H126O6. The summed E-state index contributed by atoms with van der Waals surface area (Å²) in [5.41, 5.74) is 0. The third-order valence-corrected chi connectivity index (χ3v) is 14.6. The normalized spacial score (nSPS) is 12.6. The van der Waals surface area contributed by atoms with Crippen LogP contribution in [0.15, 0.2) is 85.1 Å². The van der Waals surface area contributed by atoms with Crippen LogP contribution in [0.25, 0.3) is 0 Å². The van der Waals surface area contributed by atoms with Crippen molar-refractivity contribution >= 4 is 17.9 Å². The molecule has 78 heavy (non-hydrogen) atoms. The first kappa shape index (κ1) is 74.6. The third kappa shape index (κ3) is 63.4. The fraction of sp³-hybridized carbons (Fsp3) is 0.764. The summed E-state index contributed by atoms with van der Waals surface area (Å²) >= 11 is 0. The molecule has 0 saturated heterocycles. The number of hydrogen-bond donors (Lipinski definition) is 0. The molecule has 6 nitrogen and oxygen atoms in total. The van der Waals surface area contributed by atoms with E-state index < -0.39 is 6.10 Å². The zero-order chi connectivity index (χ0) is 56.4. The summed E-state index contributed by atoms with van der Waals surface area (Å²) in [5, 5.41) is 0. The predicted octanol–water partition coefficient (Wildman–Crippen LogP) is 23.1. The number of unbranched alkanes of at least 4 members (excludes halogenated alkanes) is 36. The van der Waals surface area contributed by atoms with Crippen molar-refractivity contribution in [1.29, 1.82) is 0 Å². The Morgan fingerprint density at radius 3 is 0.821 bits per heavy atom. The lowest BCUT2D eigenvalue weighted by Crippen LogP contribution is -2.30. The summed E-state index contributed by atoms with van der Waals surface area (Å²) in [6, 6.07) is 0. The van der Waals surface area contributed by atoms with Crippen LogP contribution in [0.1, 0.15) is 335 Å². The summed E-state index contributed by atoms with van der Waals surface area (Å²) in [6.45, 7) is 6.52. The summed E-state index contributed by atoms with van der Waals surface area (Å²) in [7, 11) is 0. The van der Waals surface area contributed by atoms with E-state index in [1.807, 2.05) is 0 Å². The monoisotopic (exact) mass is 1090 g/mol. The van der Waals surface area contributed by atoms with Crippen molar-refractivity contribution in [3.8, 4) is 0 Å². The Morgan fingerprint density at radius 2 is 0.500 bits per heavy atom. The average molecular weight is 1090 g/mol. The van der Waals surface area contributed by atoms with Crippen LogP contribution in [0.4, 0.5) is 0 Å². The van der Waals surface area contributed by atoms with E-state index in [9.17, 15) is 14.4 Å². The molecule has 0 fully saturated rings. The van der Waals surface area contributed by atoms with Crippen LogP contribution in [0.5, 0.6) is 0 Å². The van der Waals surface area contributed by atoms with Gasteiger partial charge in [-0.05, 0) is 96.3 Å². The van der Waals surface area contributed by atoms with Gasteiger partial charge in [0.1, 0.15) is 13.2 Å². The van der Waals surface area contributed by atoms with Crippen molar-refractivity contribution in [2.45, 2.75) is 341 Å². The summed E-state index contributed by atoms with van der Waals surface area (Å²) in [4.78, 5) is 38.3. The van der Waals surface area contributed by atoms with Gasteiger partial charge in [0.05, 0.1) is 0 Å². The predicted molar refractivity (Wildman–Crippen MR) is 339 cm³/mol. The minimum absolute atomic E-state index is 0.0941. The van der Waals surface area contributed by atoms with Gasteiger partial charge in [0.15, 0.2) is 6.10 Å². The summed E-state index contributed by atoms with van der Waals surface area (Å²) < 4.78 is 16.9. The highest BCUT2D eigenvalue weighted by Gasteiger charge is 2.19. The SMILES string of the molecule is CC/C=C\C/C=C\C/C=C\C/C=C\C/C=C\C/C=C\CCCCC(=O)OC(COC(=O)CCCCCCC/C=C\CCCCCCC)COC(=O)CCCCCCCCCCCCCCCCCCCCCCCCCCC. The van der Waals surface area contributed by atoms with Gasteiger partial charge in [-0.25, -0.2) is 0 Å². The van der Waals surface area contributed by atoms with Crippen LogP contribution in [-0.2, 0) is 28.6 Å². The topological polar surface area (TPSA) is 78.9 Å². The number of rotatable bonds is 61. The van der Waals surface area contributed by atoms with Crippen LogP contribution < -0.4 is 0 Å². The number of hydrogen-bond acceptors (Lipinski definition) is 6. The molecule has 0 N–H and O–H groups in total. The molecule has 1 atom stereocenters. The van der Waals surface area contributed by atoms with Crippen LogP contribution >= 0.6 is 0 Å². The van der Waals surface area contributed by atoms with Gasteiger partial charge in [-0.3, -0.25) is 14.4 Å². The first-order chi connectivity index (χ1) is 38.5. The average Bonchev–Trinajstić information content (AvgIpc) is 3.44. The Hall–Kier alpha value is -3.41. The molecule has 0 radical (unpaired) electrons. The van der Waals surface area contributed by atoms with Crippen LogP contribution in [-0.4, -0.2) is 37.2 Å². The van der Waals surface area contributed by atoms with E-state index in [0.717, 1.165) is 96.3 Å². The molecule has 450 valence electrons. The van der Waals surface area contributed by atoms with E-state index in [1.165, 1.54) is 193 Å². The van der Waals surface area contributed by atoms with Gasteiger partial charge in [-0.1, -0.05) is 305 Å². The number of allylic oxidation sites excluding steroid dienone is 14. The van der Waals surface area contributed by atoms with Gasteiger partial charge in [-0.2, -0.15) is 0 Å². The second kappa shape index (κ2) is 66.1.